The van der Waals surface area contributed by atoms with Crippen molar-refractivity contribution in [2.24, 2.45) is 11.7 Å². The van der Waals surface area contributed by atoms with Crippen molar-refractivity contribution in [3.8, 4) is 0 Å². The molecule has 1 aliphatic carbocycles. The third kappa shape index (κ3) is 3.18. The number of halogens is 5. The lowest BCUT2D eigenvalue weighted by atomic mass is 9.73. The number of hydrogen-bond acceptors (Lipinski definition) is 1. The van der Waals surface area contributed by atoms with Gasteiger partial charge in [-0.3, -0.25) is 0 Å². The average Bonchev–Trinajstić information content (AvgIpc) is 2.32. The second-order valence-corrected chi connectivity index (χ2v) is 5.92. The summed E-state index contributed by atoms with van der Waals surface area (Å²) < 4.78 is 37.9. The average molecular weight is 312 g/mol. The van der Waals surface area contributed by atoms with Crippen LogP contribution in [0.1, 0.15) is 31.2 Å². The Kier molecular flexibility index (Phi) is 4.05. The summed E-state index contributed by atoms with van der Waals surface area (Å²) in [6, 6.07) is 5.02. The molecule has 2 N–H and O–H groups in total. The van der Waals surface area contributed by atoms with E-state index in [-0.39, 0.29) is 12.8 Å². The molecule has 0 atom stereocenters. The molecule has 1 saturated carbocycles. The van der Waals surface area contributed by atoms with Crippen LogP contribution in [0.5, 0.6) is 0 Å². The van der Waals surface area contributed by atoms with Crippen LogP contribution in [0, 0.1) is 5.92 Å². The van der Waals surface area contributed by atoms with E-state index in [1.54, 1.807) is 18.2 Å². The van der Waals surface area contributed by atoms with Crippen molar-refractivity contribution in [3.05, 3.63) is 33.8 Å². The summed E-state index contributed by atoms with van der Waals surface area (Å²) >= 11 is 11.8. The maximum absolute atomic E-state index is 12.6. The highest BCUT2D eigenvalue weighted by atomic mass is 35.5. The van der Waals surface area contributed by atoms with E-state index in [4.69, 9.17) is 28.9 Å². The zero-order valence-corrected chi connectivity index (χ0v) is 11.6. The minimum atomic E-state index is -4.13. The van der Waals surface area contributed by atoms with Gasteiger partial charge in [0.1, 0.15) is 0 Å². The molecule has 0 aromatic heterocycles. The molecule has 0 radical (unpaired) electrons. The molecule has 0 heterocycles. The molecule has 1 nitrogen and oxygen atoms in total. The SMILES string of the molecule is NC1(c2ccc(Cl)c(Cl)c2)CCC(C(F)(F)F)CC1. The Hall–Kier alpha value is -0.450. The number of hydrogen-bond donors (Lipinski definition) is 1. The Bertz CT molecular complexity index is 465. The second kappa shape index (κ2) is 5.15. The molecule has 1 aliphatic rings. The van der Waals surface area contributed by atoms with E-state index in [0.29, 0.717) is 22.9 Å². The van der Waals surface area contributed by atoms with E-state index in [0.717, 1.165) is 5.56 Å². The summed E-state index contributed by atoms with van der Waals surface area (Å²) in [6.07, 6.45) is -3.41. The molecular weight excluding hydrogens is 298 g/mol. The van der Waals surface area contributed by atoms with Gasteiger partial charge in [-0.1, -0.05) is 29.3 Å². The number of benzene rings is 1. The molecule has 0 unspecified atom stereocenters. The first-order valence-corrected chi connectivity index (χ1v) is 6.79. The fraction of sp³-hybridized carbons (Fsp3) is 0.538. The van der Waals surface area contributed by atoms with Crippen LogP contribution in [0.4, 0.5) is 13.2 Å². The van der Waals surface area contributed by atoms with Crippen LogP contribution in [0.25, 0.3) is 0 Å². The minimum absolute atomic E-state index is 0.0558. The minimum Gasteiger partial charge on any atom is -0.321 e. The predicted octanol–water partition coefficient (Wildman–Crippen LogP) is 4.90. The Morgan fingerprint density at radius 1 is 1.11 bits per heavy atom. The van der Waals surface area contributed by atoms with Gasteiger partial charge < -0.3 is 5.73 Å². The highest BCUT2D eigenvalue weighted by Gasteiger charge is 2.45. The molecule has 6 heteroatoms. The lowest BCUT2D eigenvalue weighted by Gasteiger charge is -2.38. The van der Waals surface area contributed by atoms with Crippen molar-refractivity contribution in [2.45, 2.75) is 37.4 Å². The van der Waals surface area contributed by atoms with Crippen LogP contribution in [0.3, 0.4) is 0 Å². The smallest absolute Gasteiger partial charge is 0.321 e. The third-order valence-electron chi connectivity index (χ3n) is 3.84. The third-order valence-corrected chi connectivity index (χ3v) is 4.57. The molecule has 0 bridgehead atoms. The van der Waals surface area contributed by atoms with E-state index in [1.165, 1.54) is 0 Å². The maximum Gasteiger partial charge on any atom is 0.391 e. The van der Waals surface area contributed by atoms with Crippen LogP contribution in [0.15, 0.2) is 18.2 Å². The first-order valence-electron chi connectivity index (χ1n) is 6.03. The maximum atomic E-state index is 12.6. The summed E-state index contributed by atoms with van der Waals surface area (Å²) in [5.74, 6) is -1.24. The van der Waals surface area contributed by atoms with Crippen LogP contribution < -0.4 is 5.73 Å². The molecule has 1 fully saturated rings. The summed E-state index contributed by atoms with van der Waals surface area (Å²) in [7, 11) is 0. The Balaban J connectivity index is 2.15. The van der Waals surface area contributed by atoms with E-state index in [2.05, 4.69) is 0 Å². The van der Waals surface area contributed by atoms with Crippen molar-refractivity contribution in [2.75, 3.05) is 0 Å². The van der Waals surface area contributed by atoms with Crippen LogP contribution in [-0.4, -0.2) is 6.18 Å². The van der Waals surface area contributed by atoms with Gasteiger partial charge in [0.15, 0.2) is 0 Å². The molecule has 106 valence electrons. The van der Waals surface area contributed by atoms with E-state index in [1.807, 2.05) is 0 Å². The van der Waals surface area contributed by atoms with Gasteiger partial charge in [0.25, 0.3) is 0 Å². The van der Waals surface area contributed by atoms with Crippen molar-refractivity contribution in [1.29, 1.82) is 0 Å². The second-order valence-electron chi connectivity index (χ2n) is 5.10. The lowest BCUT2D eigenvalue weighted by Crippen LogP contribution is -2.43. The predicted molar refractivity (Wildman–Crippen MR) is 70.3 cm³/mol. The quantitative estimate of drug-likeness (QED) is 0.784. The molecule has 0 spiro atoms. The van der Waals surface area contributed by atoms with E-state index >= 15 is 0 Å². The molecular formula is C13H14Cl2F3N. The van der Waals surface area contributed by atoms with Gasteiger partial charge in [-0.2, -0.15) is 13.2 Å². The molecule has 2 rings (SSSR count). The van der Waals surface area contributed by atoms with Crippen molar-refractivity contribution in [3.63, 3.8) is 0 Å². The van der Waals surface area contributed by atoms with Crippen molar-refractivity contribution >= 4 is 23.2 Å². The highest BCUT2D eigenvalue weighted by Crippen LogP contribution is 2.44. The summed E-state index contributed by atoms with van der Waals surface area (Å²) in [6.45, 7) is 0. The zero-order chi connectivity index (χ0) is 14.3. The first-order chi connectivity index (χ1) is 8.72. The van der Waals surface area contributed by atoms with Crippen LogP contribution in [-0.2, 0) is 5.54 Å². The lowest BCUT2D eigenvalue weighted by molar-refractivity contribution is -0.184. The summed E-state index contributed by atoms with van der Waals surface area (Å²) in [4.78, 5) is 0. The Morgan fingerprint density at radius 2 is 1.68 bits per heavy atom. The van der Waals surface area contributed by atoms with Gasteiger partial charge in [0.05, 0.1) is 16.0 Å². The van der Waals surface area contributed by atoms with Crippen molar-refractivity contribution < 1.29 is 13.2 Å². The van der Waals surface area contributed by atoms with Crippen molar-refractivity contribution in [1.82, 2.24) is 0 Å². The molecule has 1 aromatic carbocycles. The van der Waals surface area contributed by atoms with Gasteiger partial charge in [-0.25, -0.2) is 0 Å². The largest absolute Gasteiger partial charge is 0.391 e. The topological polar surface area (TPSA) is 26.0 Å². The number of rotatable bonds is 1. The number of alkyl halides is 3. The van der Waals surface area contributed by atoms with Gasteiger partial charge in [0, 0.05) is 5.54 Å². The zero-order valence-electron chi connectivity index (χ0n) is 10.1. The van der Waals surface area contributed by atoms with Gasteiger partial charge in [-0.15, -0.1) is 0 Å². The molecule has 0 saturated heterocycles. The van der Waals surface area contributed by atoms with Crippen LogP contribution >= 0.6 is 23.2 Å². The number of nitrogens with two attached hydrogens (primary N) is 1. The Morgan fingerprint density at radius 3 is 2.16 bits per heavy atom. The van der Waals surface area contributed by atoms with Gasteiger partial charge in [0.2, 0.25) is 0 Å². The van der Waals surface area contributed by atoms with E-state index < -0.39 is 17.6 Å². The molecule has 0 aliphatic heterocycles. The van der Waals surface area contributed by atoms with E-state index in [9.17, 15) is 13.2 Å². The monoisotopic (exact) mass is 311 g/mol. The molecule has 1 aromatic rings. The standard InChI is InChI=1S/C13H14Cl2F3N/c14-10-2-1-9(7-11(10)15)12(19)5-3-8(4-6-12)13(16,17)18/h1-2,7-8H,3-6,19H2. The summed E-state index contributed by atoms with van der Waals surface area (Å²) in [5.41, 5.74) is 6.25. The summed E-state index contributed by atoms with van der Waals surface area (Å²) in [5, 5.41) is 0.792. The fourth-order valence-corrected chi connectivity index (χ4v) is 2.85. The van der Waals surface area contributed by atoms with Gasteiger partial charge in [-0.05, 0) is 43.4 Å². The fourth-order valence-electron chi connectivity index (χ4n) is 2.55. The first kappa shape index (κ1) is 14.9. The van der Waals surface area contributed by atoms with Crippen LogP contribution in [0.2, 0.25) is 10.0 Å². The molecule has 0 amide bonds. The normalized spacial score (nSPS) is 28.4. The molecule has 19 heavy (non-hydrogen) atoms. The van der Waals surface area contributed by atoms with Gasteiger partial charge >= 0.3 is 6.18 Å². The Labute approximate surface area is 119 Å². The highest BCUT2D eigenvalue weighted by molar-refractivity contribution is 6.42.